The third-order valence-electron chi connectivity index (χ3n) is 6.60. The molecule has 3 aromatic rings. The summed E-state index contributed by atoms with van der Waals surface area (Å²) in [7, 11) is 0. The lowest BCUT2D eigenvalue weighted by atomic mass is 9.87. The summed E-state index contributed by atoms with van der Waals surface area (Å²) in [5.74, 6) is -0.514. The second-order valence-electron chi connectivity index (χ2n) is 9.00. The molecule has 1 aliphatic heterocycles. The van der Waals surface area contributed by atoms with Gasteiger partial charge in [-0.3, -0.25) is 14.5 Å². The average Bonchev–Trinajstić information content (AvgIpc) is 2.88. The number of urea groups is 1. The van der Waals surface area contributed by atoms with E-state index in [0.29, 0.717) is 17.8 Å². The number of carbonyl (C=O) groups is 3. The summed E-state index contributed by atoms with van der Waals surface area (Å²) < 4.78 is 0. The van der Waals surface area contributed by atoms with Gasteiger partial charge in [-0.05, 0) is 48.1 Å². The maximum absolute atomic E-state index is 13.5. The minimum absolute atomic E-state index is 0.0934. The predicted octanol–water partition coefficient (Wildman–Crippen LogP) is 3.96. The second-order valence-corrected chi connectivity index (χ2v) is 9.00. The first kappa shape index (κ1) is 22.7. The largest absolute Gasteiger partial charge is 0.347 e. The van der Waals surface area contributed by atoms with Crippen LogP contribution in [0, 0.1) is 0 Å². The number of benzene rings is 3. The fraction of sp³-hybridized carbons (Fsp3) is 0.250. The fourth-order valence-electron chi connectivity index (χ4n) is 4.88. The van der Waals surface area contributed by atoms with Crippen molar-refractivity contribution < 1.29 is 14.4 Å². The van der Waals surface area contributed by atoms with Gasteiger partial charge >= 0.3 is 6.03 Å². The Labute approximate surface area is 204 Å². The van der Waals surface area contributed by atoms with Crippen molar-refractivity contribution in [3.8, 4) is 0 Å². The number of anilines is 2. The molecule has 0 saturated carbocycles. The Morgan fingerprint density at radius 3 is 2.57 bits per heavy atom. The van der Waals surface area contributed by atoms with E-state index in [-0.39, 0.29) is 24.4 Å². The molecule has 4 amide bonds. The molecule has 3 N–H and O–H groups in total. The van der Waals surface area contributed by atoms with E-state index >= 15 is 0 Å². The van der Waals surface area contributed by atoms with Gasteiger partial charge in [0, 0.05) is 6.42 Å². The number of amides is 4. The lowest BCUT2D eigenvalue weighted by molar-refractivity contribution is -0.123. The van der Waals surface area contributed by atoms with Gasteiger partial charge in [0.05, 0.1) is 17.4 Å². The Bertz CT molecular complexity index is 1240. The minimum atomic E-state index is -0.795. The Balaban J connectivity index is 1.37. The Morgan fingerprint density at radius 2 is 1.71 bits per heavy atom. The number of nitrogens with one attached hydrogen (secondary N) is 3. The maximum Gasteiger partial charge on any atom is 0.323 e. The van der Waals surface area contributed by atoms with Crippen LogP contribution in [0.15, 0.2) is 78.9 Å². The van der Waals surface area contributed by atoms with Gasteiger partial charge in [0.1, 0.15) is 12.6 Å². The molecule has 0 fully saturated rings. The second kappa shape index (κ2) is 10.0. The monoisotopic (exact) mass is 468 g/mol. The van der Waals surface area contributed by atoms with Crippen LogP contribution in [-0.2, 0) is 22.4 Å². The highest BCUT2D eigenvalue weighted by atomic mass is 16.2. The van der Waals surface area contributed by atoms with Gasteiger partial charge in [-0.1, -0.05) is 66.7 Å². The molecule has 0 aromatic heterocycles. The number of hydrogen-bond donors (Lipinski definition) is 3. The van der Waals surface area contributed by atoms with Crippen molar-refractivity contribution in [3.63, 3.8) is 0 Å². The molecule has 1 heterocycles. The van der Waals surface area contributed by atoms with Gasteiger partial charge in [-0.2, -0.15) is 0 Å². The molecule has 2 atom stereocenters. The Kier molecular flexibility index (Phi) is 6.48. The van der Waals surface area contributed by atoms with E-state index in [0.717, 1.165) is 30.4 Å². The highest BCUT2D eigenvalue weighted by Crippen LogP contribution is 2.30. The topological polar surface area (TPSA) is 90.5 Å². The Hall–Kier alpha value is -4.13. The zero-order chi connectivity index (χ0) is 24.2. The summed E-state index contributed by atoms with van der Waals surface area (Å²) in [6.45, 7) is -0.113. The smallest absolute Gasteiger partial charge is 0.323 e. The third kappa shape index (κ3) is 5.04. The fourth-order valence-corrected chi connectivity index (χ4v) is 4.88. The molecule has 35 heavy (non-hydrogen) atoms. The van der Waals surface area contributed by atoms with Crippen LogP contribution in [0.2, 0.25) is 0 Å². The van der Waals surface area contributed by atoms with Gasteiger partial charge in [0.2, 0.25) is 11.8 Å². The van der Waals surface area contributed by atoms with Crippen LogP contribution < -0.4 is 20.9 Å². The molecular weight excluding hydrogens is 440 g/mol. The van der Waals surface area contributed by atoms with Crippen molar-refractivity contribution in [2.24, 2.45) is 0 Å². The first-order chi connectivity index (χ1) is 17.1. The summed E-state index contributed by atoms with van der Waals surface area (Å²) in [5, 5.41) is 8.87. The number of hydrogen-bond acceptors (Lipinski definition) is 3. The molecular formula is C28H28N4O3. The summed E-state index contributed by atoms with van der Waals surface area (Å²) in [6, 6.07) is 23.6. The standard InChI is InChI=1S/C28H28N4O3/c33-26-18-32(25-16-7-6-14-23(25)29-26)28(35)31-24(17-19-9-2-1-3-10-19)27(34)30-22-15-8-12-20-11-4-5-13-21(20)22/h1-7,9-11,13-14,16,22,24H,8,12,15,17-18H2,(H,29,33)(H,30,34)(H,31,35)/t22-,24+/m0/s1. The average molecular weight is 469 g/mol. The van der Waals surface area contributed by atoms with Crippen molar-refractivity contribution in [2.75, 3.05) is 16.8 Å². The predicted molar refractivity (Wildman–Crippen MR) is 135 cm³/mol. The van der Waals surface area contributed by atoms with Gasteiger partial charge in [0.15, 0.2) is 0 Å². The normalized spacial score (nSPS) is 17.4. The van der Waals surface area contributed by atoms with Crippen LogP contribution in [-0.4, -0.2) is 30.4 Å². The van der Waals surface area contributed by atoms with E-state index in [1.54, 1.807) is 18.2 Å². The molecule has 0 unspecified atom stereocenters. The van der Waals surface area contributed by atoms with Crippen molar-refractivity contribution >= 4 is 29.2 Å². The van der Waals surface area contributed by atoms with Gasteiger partial charge in [-0.25, -0.2) is 4.79 Å². The quantitative estimate of drug-likeness (QED) is 0.529. The molecule has 0 bridgehead atoms. The lowest BCUT2D eigenvalue weighted by Crippen LogP contribution is -2.55. The number of fused-ring (bicyclic) bond motifs is 2. The van der Waals surface area contributed by atoms with E-state index in [9.17, 15) is 14.4 Å². The molecule has 0 radical (unpaired) electrons. The number of nitrogens with zero attached hydrogens (tertiary/aromatic N) is 1. The highest BCUT2D eigenvalue weighted by molar-refractivity contribution is 6.10. The number of para-hydroxylation sites is 2. The van der Waals surface area contributed by atoms with E-state index in [1.807, 2.05) is 48.5 Å². The van der Waals surface area contributed by atoms with E-state index in [2.05, 4.69) is 28.1 Å². The number of carbonyl (C=O) groups excluding carboxylic acids is 3. The zero-order valence-electron chi connectivity index (χ0n) is 19.4. The van der Waals surface area contributed by atoms with Gasteiger partial charge in [-0.15, -0.1) is 0 Å². The van der Waals surface area contributed by atoms with Crippen molar-refractivity contribution in [1.82, 2.24) is 10.6 Å². The summed E-state index contributed by atoms with van der Waals surface area (Å²) >= 11 is 0. The Morgan fingerprint density at radius 1 is 0.971 bits per heavy atom. The minimum Gasteiger partial charge on any atom is -0.347 e. The molecule has 5 rings (SSSR count). The van der Waals surface area contributed by atoms with E-state index < -0.39 is 12.1 Å². The molecule has 0 spiro atoms. The molecule has 3 aromatic carbocycles. The molecule has 1 aliphatic carbocycles. The summed E-state index contributed by atoms with van der Waals surface area (Å²) in [4.78, 5) is 40.5. The lowest BCUT2D eigenvalue weighted by Gasteiger charge is -2.32. The van der Waals surface area contributed by atoms with Crippen molar-refractivity contribution in [1.29, 1.82) is 0 Å². The molecule has 7 heteroatoms. The summed E-state index contributed by atoms with van der Waals surface area (Å²) in [6.07, 6.45) is 3.20. The number of rotatable bonds is 5. The van der Waals surface area contributed by atoms with E-state index in [1.165, 1.54) is 10.5 Å². The van der Waals surface area contributed by atoms with E-state index in [4.69, 9.17) is 0 Å². The van der Waals surface area contributed by atoms with Crippen LogP contribution in [0.1, 0.15) is 35.6 Å². The zero-order valence-corrected chi connectivity index (χ0v) is 19.4. The van der Waals surface area contributed by atoms with Crippen LogP contribution in [0.25, 0.3) is 0 Å². The SMILES string of the molecule is O=C1CN(C(=O)N[C@H](Cc2ccccc2)C(=O)N[C@H]2CCCc3ccccc32)c2ccccc2N1. The van der Waals surface area contributed by atoms with Crippen LogP contribution in [0.5, 0.6) is 0 Å². The maximum atomic E-state index is 13.5. The first-order valence-corrected chi connectivity index (χ1v) is 12.0. The van der Waals surface area contributed by atoms with Crippen molar-refractivity contribution in [3.05, 3.63) is 95.6 Å². The highest BCUT2D eigenvalue weighted by Gasteiger charge is 2.31. The molecule has 7 nitrogen and oxygen atoms in total. The van der Waals surface area contributed by atoms with Gasteiger partial charge < -0.3 is 16.0 Å². The van der Waals surface area contributed by atoms with Crippen LogP contribution >= 0.6 is 0 Å². The molecule has 2 aliphatic rings. The molecule has 0 saturated heterocycles. The molecule has 178 valence electrons. The van der Waals surface area contributed by atoms with Crippen LogP contribution in [0.4, 0.5) is 16.2 Å². The summed E-state index contributed by atoms with van der Waals surface area (Å²) in [5.41, 5.74) is 4.50. The van der Waals surface area contributed by atoms with Crippen molar-refractivity contribution in [2.45, 2.75) is 37.8 Å². The van der Waals surface area contributed by atoms with Gasteiger partial charge in [0.25, 0.3) is 0 Å². The number of aryl methyl sites for hydroxylation is 1. The first-order valence-electron chi connectivity index (χ1n) is 12.0. The third-order valence-corrected chi connectivity index (χ3v) is 6.60. The van der Waals surface area contributed by atoms with Crippen LogP contribution in [0.3, 0.4) is 0 Å².